The molecule has 0 aromatic heterocycles. The Morgan fingerprint density at radius 2 is 1.52 bits per heavy atom. The summed E-state index contributed by atoms with van der Waals surface area (Å²) in [6.07, 6.45) is 3.31. The van der Waals surface area contributed by atoms with Gasteiger partial charge in [-0.2, -0.15) is 0 Å². The number of ether oxygens (including phenoxy) is 2. The van der Waals surface area contributed by atoms with E-state index in [0.717, 1.165) is 22.4 Å². The quantitative estimate of drug-likeness (QED) is 0.648. The Kier molecular flexibility index (Phi) is 7.05. The molecule has 0 heterocycles. The zero-order valence-corrected chi connectivity index (χ0v) is 17.0. The highest BCUT2D eigenvalue weighted by Crippen LogP contribution is 2.32. The largest absolute Gasteiger partial charge is 0.493 e. The number of anilines is 1. The third-order valence-electron chi connectivity index (χ3n) is 4.46. The molecular formula is C23H29NO3. The number of benzene rings is 2. The molecule has 0 aliphatic carbocycles. The number of methoxy groups -OCH3 is 2. The number of para-hydroxylation sites is 1. The SMILES string of the molecule is COc1ccc(C=CC(=O)Nc2c(C(C)C)cccc2C(C)C)cc1OC. The molecule has 0 saturated carbocycles. The molecular weight excluding hydrogens is 338 g/mol. The summed E-state index contributed by atoms with van der Waals surface area (Å²) in [4.78, 5) is 12.6. The van der Waals surface area contributed by atoms with E-state index in [-0.39, 0.29) is 5.91 Å². The van der Waals surface area contributed by atoms with Crippen molar-refractivity contribution in [3.63, 3.8) is 0 Å². The Bertz CT molecular complexity index is 796. The molecule has 2 aromatic rings. The molecule has 0 spiro atoms. The molecule has 4 nitrogen and oxygen atoms in total. The molecule has 0 aliphatic rings. The van der Waals surface area contributed by atoms with E-state index in [4.69, 9.17) is 9.47 Å². The molecule has 4 heteroatoms. The molecule has 0 radical (unpaired) electrons. The van der Waals surface area contributed by atoms with Crippen LogP contribution in [-0.4, -0.2) is 20.1 Å². The smallest absolute Gasteiger partial charge is 0.248 e. The number of carbonyl (C=O) groups excluding carboxylic acids is 1. The highest BCUT2D eigenvalue weighted by atomic mass is 16.5. The van der Waals surface area contributed by atoms with Crippen LogP contribution in [0.4, 0.5) is 5.69 Å². The van der Waals surface area contributed by atoms with Gasteiger partial charge in [0.2, 0.25) is 5.91 Å². The average Bonchev–Trinajstić information content (AvgIpc) is 2.65. The lowest BCUT2D eigenvalue weighted by Gasteiger charge is -2.19. The third-order valence-corrected chi connectivity index (χ3v) is 4.46. The minimum absolute atomic E-state index is 0.153. The number of hydrogen-bond acceptors (Lipinski definition) is 3. The van der Waals surface area contributed by atoms with E-state index in [1.807, 2.05) is 18.2 Å². The van der Waals surface area contributed by atoms with Crippen LogP contribution in [0.15, 0.2) is 42.5 Å². The minimum atomic E-state index is -0.153. The predicted octanol–water partition coefficient (Wildman–Crippen LogP) is 5.60. The molecule has 2 aromatic carbocycles. The van der Waals surface area contributed by atoms with Crippen LogP contribution >= 0.6 is 0 Å². The van der Waals surface area contributed by atoms with Crippen molar-refractivity contribution in [3.05, 3.63) is 59.2 Å². The monoisotopic (exact) mass is 367 g/mol. The number of rotatable bonds is 7. The molecule has 0 saturated heterocycles. The molecule has 27 heavy (non-hydrogen) atoms. The fourth-order valence-corrected chi connectivity index (χ4v) is 2.99. The summed E-state index contributed by atoms with van der Waals surface area (Å²) in [5.74, 6) is 1.79. The maximum Gasteiger partial charge on any atom is 0.248 e. The van der Waals surface area contributed by atoms with Crippen molar-refractivity contribution in [1.82, 2.24) is 0 Å². The summed E-state index contributed by atoms with van der Waals surface area (Å²) in [5.41, 5.74) is 4.08. The molecule has 0 aliphatic heterocycles. The topological polar surface area (TPSA) is 47.6 Å². The first-order valence-corrected chi connectivity index (χ1v) is 9.21. The van der Waals surface area contributed by atoms with Gasteiger partial charge in [0.1, 0.15) is 0 Å². The number of carbonyl (C=O) groups is 1. The van der Waals surface area contributed by atoms with Crippen molar-refractivity contribution < 1.29 is 14.3 Å². The fourth-order valence-electron chi connectivity index (χ4n) is 2.99. The summed E-state index contributed by atoms with van der Waals surface area (Å²) >= 11 is 0. The van der Waals surface area contributed by atoms with Gasteiger partial charge in [0, 0.05) is 11.8 Å². The molecule has 144 valence electrons. The van der Waals surface area contributed by atoms with Crippen LogP contribution in [-0.2, 0) is 4.79 Å². The van der Waals surface area contributed by atoms with E-state index >= 15 is 0 Å². The second kappa shape index (κ2) is 9.26. The number of amides is 1. The first-order valence-electron chi connectivity index (χ1n) is 9.21. The van der Waals surface area contributed by atoms with Gasteiger partial charge in [-0.25, -0.2) is 0 Å². The van der Waals surface area contributed by atoms with Gasteiger partial charge >= 0.3 is 0 Å². The minimum Gasteiger partial charge on any atom is -0.493 e. The highest BCUT2D eigenvalue weighted by molar-refractivity contribution is 6.03. The first-order chi connectivity index (χ1) is 12.9. The van der Waals surface area contributed by atoms with Crippen LogP contribution in [0, 0.1) is 0 Å². The van der Waals surface area contributed by atoms with Crippen LogP contribution in [0.25, 0.3) is 6.08 Å². The van der Waals surface area contributed by atoms with E-state index in [1.54, 1.807) is 26.4 Å². The van der Waals surface area contributed by atoms with E-state index in [0.29, 0.717) is 23.3 Å². The molecule has 1 amide bonds. The summed E-state index contributed by atoms with van der Waals surface area (Å²) in [6, 6.07) is 11.7. The zero-order chi connectivity index (χ0) is 20.0. The summed E-state index contributed by atoms with van der Waals surface area (Å²) in [6.45, 7) is 8.53. The van der Waals surface area contributed by atoms with Crippen LogP contribution in [0.5, 0.6) is 11.5 Å². The van der Waals surface area contributed by atoms with E-state index in [1.165, 1.54) is 0 Å². The van der Waals surface area contributed by atoms with Crippen molar-refractivity contribution >= 4 is 17.7 Å². The van der Waals surface area contributed by atoms with Gasteiger partial charge < -0.3 is 14.8 Å². The predicted molar refractivity (Wildman–Crippen MR) is 112 cm³/mol. The lowest BCUT2D eigenvalue weighted by atomic mass is 9.92. The highest BCUT2D eigenvalue weighted by Gasteiger charge is 2.15. The average molecular weight is 367 g/mol. The van der Waals surface area contributed by atoms with E-state index in [9.17, 15) is 4.79 Å². The van der Waals surface area contributed by atoms with Gasteiger partial charge in [-0.05, 0) is 46.7 Å². The summed E-state index contributed by atoms with van der Waals surface area (Å²) in [5, 5.41) is 3.08. The van der Waals surface area contributed by atoms with Crippen LogP contribution in [0.1, 0.15) is 56.2 Å². The molecule has 2 rings (SSSR count). The van der Waals surface area contributed by atoms with E-state index in [2.05, 4.69) is 51.2 Å². The van der Waals surface area contributed by atoms with Crippen LogP contribution < -0.4 is 14.8 Å². The Hall–Kier alpha value is -2.75. The Labute approximate surface area is 162 Å². The van der Waals surface area contributed by atoms with Crippen LogP contribution in [0.3, 0.4) is 0 Å². The Morgan fingerprint density at radius 1 is 0.926 bits per heavy atom. The maximum atomic E-state index is 12.6. The number of hydrogen-bond donors (Lipinski definition) is 1. The maximum absolute atomic E-state index is 12.6. The standard InChI is InChI=1S/C23H29NO3/c1-15(2)18-8-7-9-19(16(3)4)23(18)24-22(25)13-11-17-10-12-20(26-5)21(14-17)27-6/h7-16H,1-6H3,(H,24,25). The molecule has 0 bridgehead atoms. The second-order valence-corrected chi connectivity index (χ2v) is 7.06. The van der Waals surface area contributed by atoms with Crippen molar-refractivity contribution in [2.24, 2.45) is 0 Å². The van der Waals surface area contributed by atoms with Crippen molar-refractivity contribution in [1.29, 1.82) is 0 Å². The second-order valence-electron chi connectivity index (χ2n) is 7.06. The lowest BCUT2D eigenvalue weighted by Crippen LogP contribution is -2.13. The number of nitrogens with one attached hydrogen (secondary N) is 1. The van der Waals surface area contributed by atoms with Gasteiger partial charge in [-0.3, -0.25) is 4.79 Å². The van der Waals surface area contributed by atoms with E-state index < -0.39 is 0 Å². The van der Waals surface area contributed by atoms with Crippen LogP contribution in [0.2, 0.25) is 0 Å². The zero-order valence-electron chi connectivity index (χ0n) is 17.0. The Morgan fingerprint density at radius 3 is 2.04 bits per heavy atom. The normalized spacial score (nSPS) is 11.3. The third kappa shape index (κ3) is 5.13. The van der Waals surface area contributed by atoms with Crippen molar-refractivity contribution in [2.75, 3.05) is 19.5 Å². The summed E-state index contributed by atoms with van der Waals surface area (Å²) < 4.78 is 10.5. The van der Waals surface area contributed by atoms with Gasteiger partial charge in [0.15, 0.2) is 11.5 Å². The van der Waals surface area contributed by atoms with Gasteiger partial charge in [0.25, 0.3) is 0 Å². The lowest BCUT2D eigenvalue weighted by molar-refractivity contribution is -0.111. The molecule has 0 fully saturated rings. The first kappa shape index (κ1) is 20.6. The Balaban J connectivity index is 2.24. The fraction of sp³-hybridized carbons (Fsp3) is 0.348. The molecule has 0 atom stereocenters. The molecule has 1 N–H and O–H groups in total. The molecule has 0 unspecified atom stereocenters. The van der Waals surface area contributed by atoms with Crippen molar-refractivity contribution in [3.8, 4) is 11.5 Å². The summed E-state index contributed by atoms with van der Waals surface area (Å²) in [7, 11) is 3.19. The van der Waals surface area contributed by atoms with Gasteiger partial charge in [0.05, 0.1) is 14.2 Å². The van der Waals surface area contributed by atoms with Gasteiger partial charge in [-0.15, -0.1) is 0 Å². The van der Waals surface area contributed by atoms with Gasteiger partial charge in [-0.1, -0.05) is 52.0 Å². The van der Waals surface area contributed by atoms with Crippen molar-refractivity contribution in [2.45, 2.75) is 39.5 Å².